The SMILES string of the molecule is N=C(C1CC1)N1CCC(c2ccccc2)C1. The fourth-order valence-corrected chi connectivity index (χ4v) is 2.59. The van der Waals surface area contributed by atoms with Crippen LogP contribution in [0.3, 0.4) is 0 Å². The summed E-state index contributed by atoms with van der Waals surface area (Å²) in [5.41, 5.74) is 1.44. The largest absolute Gasteiger partial charge is 0.360 e. The number of hydrogen-bond donors (Lipinski definition) is 1. The van der Waals surface area contributed by atoms with E-state index in [-0.39, 0.29) is 0 Å². The van der Waals surface area contributed by atoms with Crippen LogP contribution in [-0.4, -0.2) is 23.8 Å². The number of likely N-dealkylation sites (tertiary alicyclic amines) is 1. The molecule has 1 aliphatic heterocycles. The van der Waals surface area contributed by atoms with Gasteiger partial charge in [0.1, 0.15) is 0 Å². The van der Waals surface area contributed by atoms with Gasteiger partial charge in [0.25, 0.3) is 0 Å². The summed E-state index contributed by atoms with van der Waals surface area (Å²) < 4.78 is 0. The lowest BCUT2D eigenvalue weighted by atomic mass is 9.99. The van der Waals surface area contributed by atoms with Crippen LogP contribution in [0.4, 0.5) is 0 Å². The molecule has 1 unspecified atom stereocenters. The lowest BCUT2D eigenvalue weighted by molar-refractivity contribution is 0.491. The first-order valence-electron chi connectivity index (χ1n) is 6.23. The first-order chi connectivity index (χ1) is 7.84. The normalized spacial score (nSPS) is 24.8. The number of nitrogens with one attached hydrogen (secondary N) is 1. The van der Waals surface area contributed by atoms with Crippen molar-refractivity contribution in [3.63, 3.8) is 0 Å². The van der Waals surface area contributed by atoms with E-state index >= 15 is 0 Å². The summed E-state index contributed by atoms with van der Waals surface area (Å²) in [4.78, 5) is 2.29. The third kappa shape index (κ3) is 1.84. The highest BCUT2D eigenvalue weighted by Gasteiger charge is 2.33. The average molecular weight is 214 g/mol. The van der Waals surface area contributed by atoms with Crippen LogP contribution in [0.2, 0.25) is 0 Å². The Kier molecular flexibility index (Phi) is 2.43. The maximum Gasteiger partial charge on any atom is 0.0989 e. The maximum atomic E-state index is 8.08. The molecule has 1 heterocycles. The van der Waals surface area contributed by atoms with E-state index in [0.29, 0.717) is 11.8 Å². The molecule has 1 N–H and O–H groups in total. The summed E-state index contributed by atoms with van der Waals surface area (Å²) in [5.74, 6) is 2.13. The zero-order valence-corrected chi connectivity index (χ0v) is 9.52. The second kappa shape index (κ2) is 3.93. The van der Waals surface area contributed by atoms with Crippen molar-refractivity contribution in [1.82, 2.24) is 4.90 Å². The van der Waals surface area contributed by atoms with Crippen molar-refractivity contribution < 1.29 is 0 Å². The van der Waals surface area contributed by atoms with E-state index in [9.17, 15) is 0 Å². The molecule has 1 atom stereocenters. The molecule has 2 fully saturated rings. The summed E-state index contributed by atoms with van der Waals surface area (Å²) in [6.07, 6.45) is 3.69. The molecule has 0 aromatic heterocycles. The summed E-state index contributed by atoms with van der Waals surface area (Å²) >= 11 is 0. The second-order valence-electron chi connectivity index (χ2n) is 5.00. The number of amidine groups is 1. The van der Waals surface area contributed by atoms with Crippen LogP contribution in [0.25, 0.3) is 0 Å². The maximum absolute atomic E-state index is 8.08. The number of hydrogen-bond acceptors (Lipinski definition) is 1. The van der Waals surface area contributed by atoms with E-state index in [0.717, 1.165) is 18.9 Å². The second-order valence-corrected chi connectivity index (χ2v) is 5.00. The molecule has 0 radical (unpaired) electrons. The molecule has 1 saturated carbocycles. The van der Waals surface area contributed by atoms with E-state index in [4.69, 9.17) is 5.41 Å². The highest BCUT2D eigenvalue weighted by molar-refractivity contribution is 5.84. The Morgan fingerprint density at radius 2 is 1.88 bits per heavy atom. The highest BCUT2D eigenvalue weighted by atomic mass is 15.2. The van der Waals surface area contributed by atoms with Gasteiger partial charge in [0.15, 0.2) is 0 Å². The number of benzene rings is 1. The zero-order valence-electron chi connectivity index (χ0n) is 9.52. The highest BCUT2D eigenvalue weighted by Crippen LogP contribution is 2.35. The van der Waals surface area contributed by atoms with Crippen LogP contribution >= 0.6 is 0 Å². The Balaban J connectivity index is 1.66. The van der Waals surface area contributed by atoms with Gasteiger partial charge in [-0.05, 0) is 24.8 Å². The molecule has 0 amide bonds. The fraction of sp³-hybridized carbons (Fsp3) is 0.500. The number of nitrogens with zero attached hydrogens (tertiary/aromatic N) is 1. The van der Waals surface area contributed by atoms with Gasteiger partial charge in [-0.15, -0.1) is 0 Å². The van der Waals surface area contributed by atoms with E-state index in [1.807, 2.05) is 0 Å². The van der Waals surface area contributed by atoms with Crippen molar-refractivity contribution in [1.29, 1.82) is 5.41 Å². The molecule has 16 heavy (non-hydrogen) atoms. The van der Waals surface area contributed by atoms with Crippen LogP contribution in [0.5, 0.6) is 0 Å². The monoisotopic (exact) mass is 214 g/mol. The molecule has 1 saturated heterocycles. The van der Waals surface area contributed by atoms with Crippen molar-refractivity contribution in [2.45, 2.75) is 25.2 Å². The Hall–Kier alpha value is -1.31. The van der Waals surface area contributed by atoms with Crippen LogP contribution < -0.4 is 0 Å². The minimum absolute atomic E-state index is 0.592. The first kappa shape index (κ1) is 9.88. The van der Waals surface area contributed by atoms with Gasteiger partial charge in [0, 0.05) is 24.9 Å². The molecule has 1 aromatic carbocycles. The molecular formula is C14H18N2. The molecule has 2 nitrogen and oxygen atoms in total. The van der Waals surface area contributed by atoms with Crippen LogP contribution in [0, 0.1) is 11.3 Å². The molecule has 2 heteroatoms. The average Bonchev–Trinajstić information content (AvgIpc) is 3.07. The van der Waals surface area contributed by atoms with Gasteiger partial charge in [-0.25, -0.2) is 0 Å². The van der Waals surface area contributed by atoms with Crippen molar-refractivity contribution in [2.24, 2.45) is 5.92 Å². The fourth-order valence-electron chi connectivity index (χ4n) is 2.59. The molecule has 3 rings (SSSR count). The van der Waals surface area contributed by atoms with Crippen LogP contribution in [-0.2, 0) is 0 Å². The smallest absolute Gasteiger partial charge is 0.0989 e. The third-order valence-electron chi connectivity index (χ3n) is 3.76. The summed E-state index contributed by atoms with van der Waals surface area (Å²) in [6, 6.07) is 10.7. The Morgan fingerprint density at radius 3 is 2.56 bits per heavy atom. The quantitative estimate of drug-likeness (QED) is 0.595. The molecule has 0 bridgehead atoms. The van der Waals surface area contributed by atoms with Gasteiger partial charge in [-0.2, -0.15) is 0 Å². The predicted octanol–water partition coefficient (Wildman–Crippen LogP) is 2.86. The predicted molar refractivity (Wildman–Crippen MR) is 65.8 cm³/mol. The van der Waals surface area contributed by atoms with Gasteiger partial charge >= 0.3 is 0 Å². The van der Waals surface area contributed by atoms with Gasteiger partial charge in [-0.1, -0.05) is 30.3 Å². The zero-order chi connectivity index (χ0) is 11.0. The third-order valence-corrected chi connectivity index (χ3v) is 3.76. The minimum atomic E-state index is 0.592. The van der Waals surface area contributed by atoms with Gasteiger partial charge < -0.3 is 4.90 Å². The van der Waals surface area contributed by atoms with Crippen LogP contribution in [0.15, 0.2) is 30.3 Å². The molecule has 1 aromatic rings. The number of rotatable bonds is 2. The van der Waals surface area contributed by atoms with Gasteiger partial charge in [0.2, 0.25) is 0 Å². The molecule has 0 spiro atoms. The molecule has 2 aliphatic rings. The first-order valence-corrected chi connectivity index (χ1v) is 6.23. The van der Waals surface area contributed by atoms with Crippen molar-refractivity contribution in [3.05, 3.63) is 35.9 Å². The Labute approximate surface area is 96.8 Å². The standard InChI is InChI=1S/C14H18N2/c15-14(12-6-7-12)16-9-8-13(10-16)11-4-2-1-3-5-11/h1-5,12-13,15H,6-10H2. The summed E-state index contributed by atoms with van der Waals surface area (Å²) in [7, 11) is 0. The molecule has 1 aliphatic carbocycles. The van der Waals surface area contributed by atoms with Crippen LogP contribution in [0.1, 0.15) is 30.7 Å². The lowest BCUT2D eigenvalue weighted by Gasteiger charge is -2.19. The van der Waals surface area contributed by atoms with Crippen molar-refractivity contribution in [3.8, 4) is 0 Å². The molecular weight excluding hydrogens is 196 g/mol. The molecule has 84 valence electrons. The van der Waals surface area contributed by atoms with Gasteiger partial charge in [0.05, 0.1) is 5.84 Å². The summed E-state index contributed by atoms with van der Waals surface area (Å²) in [5, 5.41) is 8.08. The topological polar surface area (TPSA) is 27.1 Å². The van der Waals surface area contributed by atoms with E-state index in [1.165, 1.54) is 24.8 Å². The van der Waals surface area contributed by atoms with E-state index in [1.54, 1.807) is 0 Å². The Bertz CT molecular complexity index is 381. The lowest BCUT2D eigenvalue weighted by Crippen LogP contribution is -2.29. The summed E-state index contributed by atoms with van der Waals surface area (Å²) in [6.45, 7) is 2.13. The van der Waals surface area contributed by atoms with Crippen molar-refractivity contribution in [2.75, 3.05) is 13.1 Å². The van der Waals surface area contributed by atoms with E-state index in [2.05, 4.69) is 35.2 Å². The van der Waals surface area contributed by atoms with Crippen molar-refractivity contribution >= 4 is 5.84 Å². The van der Waals surface area contributed by atoms with E-state index < -0.39 is 0 Å². The van der Waals surface area contributed by atoms with Gasteiger partial charge in [-0.3, -0.25) is 5.41 Å². The minimum Gasteiger partial charge on any atom is -0.360 e. The Morgan fingerprint density at radius 1 is 1.12 bits per heavy atom.